The Kier molecular flexibility index (Phi) is 5.44. The number of benzene rings is 1. The fraction of sp³-hybridized carbons (Fsp3) is 0.625. The van der Waals surface area contributed by atoms with Crippen molar-refractivity contribution < 1.29 is 44.5 Å². The Hall–Kier alpha value is -1.46. The molecule has 140 valence electrons. The molecule has 0 aliphatic carbocycles. The van der Waals surface area contributed by atoms with Gasteiger partial charge >= 0.3 is 0 Å². The zero-order valence-electron chi connectivity index (χ0n) is 13.6. The van der Waals surface area contributed by atoms with Crippen molar-refractivity contribution in [3.05, 3.63) is 23.8 Å². The van der Waals surface area contributed by atoms with Crippen molar-refractivity contribution in [2.75, 3.05) is 20.3 Å². The largest absolute Gasteiger partial charge is 0.504 e. The minimum Gasteiger partial charge on any atom is -0.504 e. The molecule has 2 aliphatic rings. The Bertz CT molecular complexity index is 595. The monoisotopic (exact) mass is 358 g/mol. The Balaban J connectivity index is 1.87. The Labute approximate surface area is 143 Å². The van der Waals surface area contributed by atoms with Crippen LogP contribution in [0.4, 0.5) is 0 Å². The molecule has 5 N–H and O–H groups in total. The summed E-state index contributed by atoms with van der Waals surface area (Å²) in [5, 5.41) is 49.6. The summed E-state index contributed by atoms with van der Waals surface area (Å²) in [5.41, 5.74) is 0.498. The Morgan fingerprint density at radius 3 is 2.60 bits per heavy atom. The van der Waals surface area contributed by atoms with Gasteiger partial charge in [-0.15, -0.1) is 0 Å². The van der Waals surface area contributed by atoms with Crippen molar-refractivity contribution in [2.24, 2.45) is 0 Å². The van der Waals surface area contributed by atoms with Crippen molar-refractivity contribution in [2.45, 2.75) is 42.9 Å². The van der Waals surface area contributed by atoms with E-state index in [4.69, 9.17) is 18.9 Å². The Morgan fingerprint density at radius 2 is 1.92 bits per heavy atom. The first-order valence-electron chi connectivity index (χ1n) is 7.90. The molecule has 2 fully saturated rings. The molecule has 25 heavy (non-hydrogen) atoms. The average molecular weight is 358 g/mol. The third kappa shape index (κ3) is 3.44. The molecular formula is C16H22O9. The van der Waals surface area contributed by atoms with Gasteiger partial charge in [0.15, 0.2) is 17.8 Å². The highest BCUT2D eigenvalue weighted by Crippen LogP contribution is 2.37. The standard InChI is InChI=1S/C16H22O9/c1-22-10-4-7(2-3-8(10)18)14-9(19)6-23-16-15(25-14)13(21)12(20)11(5-17)24-16/h2-4,9,11-21H,5-6H2,1H3. The first kappa shape index (κ1) is 18.3. The average Bonchev–Trinajstić information content (AvgIpc) is 2.78. The molecular weight excluding hydrogens is 336 g/mol. The number of aliphatic hydroxyl groups is 4. The summed E-state index contributed by atoms with van der Waals surface area (Å²) in [5.74, 6) is 0.140. The molecule has 0 bridgehead atoms. The van der Waals surface area contributed by atoms with Crippen LogP contribution in [-0.4, -0.2) is 82.7 Å². The quantitative estimate of drug-likeness (QED) is 0.444. The normalized spacial score (nSPS) is 38.7. The van der Waals surface area contributed by atoms with E-state index in [2.05, 4.69) is 0 Å². The molecule has 2 saturated heterocycles. The van der Waals surface area contributed by atoms with Crippen LogP contribution in [0.3, 0.4) is 0 Å². The highest BCUT2D eigenvalue weighted by molar-refractivity contribution is 5.42. The van der Waals surface area contributed by atoms with Gasteiger partial charge in [-0.1, -0.05) is 6.07 Å². The maximum absolute atomic E-state index is 10.4. The first-order chi connectivity index (χ1) is 12.0. The maximum Gasteiger partial charge on any atom is 0.187 e. The van der Waals surface area contributed by atoms with E-state index < -0.39 is 49.5 Å². The molecule has 1 aromatic carbocycles. The van der Waals surface area contributed by atoms with Gasteiger partial charge < -0.3 is 44.5 Å². The van der Waals surface area contributed by atoms with Gasteiger partial charge in [0, 0.05) is 0 Å². The number of phenols is 1. The number of hydrogen-bond acceptors (Lipinski definition) is 9. The van der Waals surface area contributed by atoms with Crippen molar-refractivity contribution in [3.8, 4) is 11.5 Å². The molecule has 9 nitrogen and oxygen atoms in total. The predicted octanol–water partition coefficient (Wildman–Crippen LogP) is -1.34. The number of fused-ring (bicyclic) bond motifs is 1. The van der Waals surface area contributed by atoms with E-state index in [0.29, 0.717) is 5.56 Å². The summed E-state index contributed by atoms with van der Waals surface area (Å²) in [6, 6.07) is 4.46. The molecule has 0 radical (unpaired) electrons. The van der Waals surface area contributed by atoms with Crippen molar-refractivity contribution in [1.29, 1.82) is 0 Å². The van der Waals surface area contributed by atoms with Crippen LogP contribution in [0.2, 0.25) is 0 Å². The van der Waals surface area contributed by atoms with Crippen LogP contribution in [0, 0.1) is 0 Å². The lowest BCUT2D eigenvalue weighted by atomic mass is 9.98. The van der Waals surface area contributed by atoms with Gasteiger partial charge in [-0.05, 0) is 17.7 Å². The fourth-order valence-electron chi connectivity index (χ4n) is 3.05. The molecule has 2 heterocycles. The smallest absolute Gasteiger partial charge is 0.187 e. The number of rotatable bonds is 3. The zero-order chi connectivity index (χ0) is 18.1. The van der Waals surface area contributed by atoms with Gasteiger partial charge in [0.05, 0.1) is 20.3 Å². The third-order valence-corrected chi connectivity index (χ3v) is 4.44. The van der Waals surface area contributed by atoms with E-state index in [1.807, 2.05) is 0 Å². The minimum atomic E-state index is -1.37. The number of aliphatic hydroxyl groups excluding tert-OH is 4. The van der Waals surface area contributed by atoms with Gasteiger partial charge in [-0.2, -0.15) is 0 Å². The summed E-state index contributed by atoms with van der Waals surface area (Å²) in [6.45, 7) is -0.637. The van der Waals surface area contributed by atoms with Gasteiger partial charge in [0.25, 0.3) is 0 Å². The van der Waals surface area contributed by atoms with Crippen molar-refractivity contribution in [1.82, 2.24) is 0 Å². The molecule has 0 saturated carbocycles. The molecule has 2 aliphatic heterocycles. The summed E-state index contributed by atoms with van der Waals surface area (Å²) >= 11 is 0. The minimum absolute atomic E-state index is 0.0641. The van der Waals surface area contributed by atoms with Crippen LogP contribution in [0.5, 0.6) is 11.5 Å². The molecule has 7 atom stereocenters. The van der Waals surface area contributed by atoms with Crippen LogP contribution in [0.15, 0.2) is 18.2 Å². The third-order valence-electron chi connectivity index (χ3n) is 4.44. The molecule has 3 rings (SSSR count). The van der Waals surface area contributed by atoms with Crippen LogP contribution < -0.4 is 4.74 Å². The second-order valence-corrected chi connectivity index (χ2v) is 6.06. The van der Waals surface area contributed by atoms with Crippen LogP contribution in [0.1, 0.15) is 11.7 Å². The van der Waals surface area contributed by atoms with Gasteiger partial charge in [-0.3, -0.25) is 0 Å². The summed E-state index contributed by atoms with van der Waals surface area (Å²) in [4.78, 5) is 0. The topological polar surface area (TPSA) is 138 Å². The predicted molar refractivity (Wildman–Crippen MR) is 82.0 cm³/mol. The fourth-order valence-corrected chi connectivity index (χ4v) is 3.05. The summed E-state index contributed by atoms with van der Waals surface area (Å²) in [6.07, 6.45) is -7.85. The SMILES string of the molecule is COc1cc(C2OC3C(OCC2O)OC(CO)C(O)C3O)ccc1O. The Morgan fingerprint density at radius 1 is 1.16 bits per heavy atom. The molecule has 1 aromatic rings. The van der Waals surface area contributed by atoms with E-state index in [0.717, 1.165) is 0 Å². The number of hydrogen-bond donors (Lipinski definition) is 5. The lowest BCUT2D eigenvalue weighted by molar-refractivity contribution is -0.304. The number of methoxy groups -OCH3 is 1. The highest BCUT2D eigenvalue weighted by atomic mass is 16.7. The highest BCUT2D eigenvalue weighted by Gasteiger charge is 2.49. The van der Waals surface area contributed by atoms with E-state index in [-0.39, 0.29) is 18.1 Å². The van der Waals surface area contributed by atoms with Crippen molar-refractivity contribution >= 4 is 0 Å². The summed E-state index contributed by atoms with van der Waals surface area (Å²) < 4.78 is 21.7. The lowest BCUT2D eigenvalue weighted by Crippen LogP contribution is -2.59. The van der Waals surface area contributed by atoms with Gasteiger partial charge in [0.2, 0.25) is 0 Å². The van der Waals surface area contributed by atoms with Crippen LogP contribution in [-0.2, 0) is 14.2 Å². The molecule has 9 heteroatoms. The molecule has 0 amide bonds. The second kappa shape index (κ2) is 7.42. The second-order valence-electron chi connectivity index (χ2n) is 6.06. The first-order valence-corrected chi connectivity index (χ1v) is 7.90. The lowest BCUT2D eigenvalue weighted by Gasteiger charge is -2.41. The number of phenolic OH excluding ortho intramolecular Hbond substituents is 1. The van der Waals surface area contributed by atoms with Crippen LogP contribution in [0.25, 0.3) is 0 Å². The van der Waals surface area contributed by atoms with Gasteiger partial charge in [0.1, 0.15) is 36.6 Å². The van der Waals surface area contributed by atoms with E-state index >= 15 is 0 Å². The van der Waals surface area contributed by atoms with E-state index in [9.17, 15) is 25.5 Å². The number of ether oxygens (including phenoxy) is 4. The maximum atomic E-state index is 10.4. The number of aromatic hydroxyl groups is 1. The van der Waals surface area contributed by atoms with Crippen LogP contribution >= 0.6 is 0 Å². The summed E-state index contributed by atoms with van der Waals surface area (Å²) in [7, 11) is 1.40. The molecule has 7 unspecified atom stereocenters. The zero-order valence-corrected chi connectivity index (χ0v) is 13.6. The van der Waals surface area contributed by atoms with Crippen molar-refractivity contribution in [3.63, 3.8) is 0 Å². The molecule has 0 spiro atoms. The van der Waals surface area contributed by atoms with Gasteiger partial charge in [-0.25, -0.2) is 0 Å². The molecule has 0 aromatic heterocycles. The van der Waals surface area contributed by atoms with E-state index in [1.54, 1.807) is 6.07 Å². The van der Waals surface area contributed by atoms with E-state index in [1.165, 1.54) is 19.2 Å².